The second-order valence-corrected chi connectivity index (χ2v) is 11.7. The molecule has 0 radical (unpaired) electrons. The van der Waals surface area contributed by atoms with Gasteiger partial charge in [-0.25, -0.2) is 9.97 Å². The number of aliphatic hydroxyl groups excluding tert-OH is 1. The van der Waals surface area contributed by atoms with Crippen molar-refractivity contribution >= 4 is 17.3 Å². The minimum Gasteiger partial charge on any atom is -0.373 e. The Kier molecular flexibility index (Phi) is 8.21. The first kappa shape index (κ1) is 28.3. The van der Waals surface area contributed by atoms with Gasteiger partial charge in [0.1, 0.15) is 5.69 Å². The summed E-state index contributed by atoms with van der Waals surface area (Å²) in [6.45, 7) is 4.99. The molecule has 1 unspecified atom stereocenters. The van der Waals surface area contributed by atoms with Crippen LogP contribution in [0.15, 0.2) is 60.8 Å². The smallest absolute Gasteiger partial charge is 0.227 e. The number of aliphatic hydroxyl groups is 1. The molecule has 0 amide bonds. The summed E-state index contributed by atoms with van der Waals surface area (Å²) in [6, 6.07) is 18.7. The number of benzene rings is 2. The average molecular weight is 568 g/mol. The van der Waals surface area contributed by atoms with Crippen LogP contribution in [0.2, 0.25) is 0 Å². The Morgan fingerprint density at radius 1 is 0.952 bits per heavy atom. The minimum absolute atomic E-state index is 0.0505. The van der Waals surface area contributed by atoms with Crippen LogP contribution in [-0.2, 0) is 19.9 Å². The van der Waals surface area contributed by atoms with Crippen molar-refractivity contribution in [2.24, 2.45) is 7.05 Å². The number of hydrogen-bond acceptors (Lipinski definition) is 9. The van der Waals surface area contributed by atoms with Crippen molar-refractivity contribution in [2.75, 3.05) is 64.1 Å². The minimum atomic E-state index is -0.912. The molecule has 2 aromatic carbocycles. The number of aryl methyl sites for hydroxylation is 2. The molecule has 1 saturated heterocycles. The van der Waals surface area contributed by atoms with Crippen molar-refractivity contribution in [1.29, 1.82) is 0 Å². The molecule has 42 heavy (non-hydrogen) atoms. The monoisotopic (exact) mass is 567 g/mol. The van der Waals surface area contributed by atoms with E-state index in [1.165, 1.54) is 5.69 Å². The van der Waals surface area contributed by atoms with Gasteiger partial charge < -0.3 is 25.1 Å². The summed E-state index contributed by atoms with van der Waals surface area (Å²) in [7, 11) is 8.17. The number of nitrogens with one attached hydrogen (secondary N) is 2. The Morgan fingerprint density at radius 2 is 1.69 bits per heavy atom. The van der Waals surface area contributed by atoms with Crippen molar-refractivity contribution < 1.29 is 5.11 Å². The van der Waals surface area contributed by atoms with E-state index in [1.807, 2.05) is 50.2 Å². The summed E-state index contributed by atoms with van der Waals surface area (Å²) in [5.41, 5.74) is 7.89. The third kappa shape index (κ3) is 6.03. The summed E-state index contributed by atoms with van der Waals surface area (Å²) < 4.78 is 1.85. The summed E-state index contributed by atoms with van der Waals surface area (Å²) >= 11 is 0. The first-order valence-electron chi connectivity index (χ1n) is 14.7. The molecule has 10 nitrogen and oxygen atoms in total. The Bertz CT molecular complexity index is 1490. The highest BCUT2D eigenvalue weighted by atomic mass is 16.3. The van der Waals surface area contributed by atoms with Gasteiger partial charge in [-0.3, -0.25) is 10.00 Å². The topological polar surface area (TPSA) is 97.6 Å². The molecule has 0 saturated carbocycles. The summed E-state index contributed by atoms with van der Waals surface area (Å²) in [6.07, 6.45) is 2.58. The molecule has 2 atom stereocenters. The van der Waals surface area contributed by atoms with E-state index in [4.69, 9.17) is 10.1 Å². The van der Waals surface area contributed by atoms with Crippen LogP contribution in [0.4, 0.5) is 17.3 Å². The highest BCUT2D eigenvalue weighted by Gasteiger charge is 2.30. The molecule has 2 aromatic heterocycles. The molecule has 3 N–H and O–H groups in total. The number of rotatable bonds is 9. The fourth-order valence-electron chi connectivity index (χ4n) is 5.99. The number of fused-ring (bicyclic) bond motifs is 3. The highest BCUT2D eigenvalue weighted by Crippen LogP contribution is 2.36. The summed E-state index contributed by atoms with van der Waals surface area (Å²) in [5.74, 6) is 0.547. The fraction of sp³-hybridized carbons (Fsp3) is 0.406. The maximum absolute atomic E-state index is 11.4. The molecular formula is C32H41N9O. The maximum Gasteiger partial charge on any atom is 0.227 e. The Hall–Kier alpha value is -3.83. The normalized spacial score (nSPS) is 16.7. The number of hydrogen-bond donors (Lipinski definition) is 3. The lowest BCUT2D eigenvalue weighted by Gasteiger charge is -2.34. The fourth-order valence-corrected chi connectivity index (χ4v) is 5.99. The van der Waals surface area contributed by atoms with Gasteiger partial charge in [-0.05, 0) is 69.4 Å². The molecule has 10 heteroatoms. The first-order valence-corrected chi connectivity index (χ1v) is 14.7. The van der Waals surface area contributed by atoms with Crippen LogP contribution < -0.4 is 15.5 Å². The van der Waals surface area contributed by atoms with Crippen molar-refractivity contribution in [1.82, 2.24) is 34.9 Å². The van der Waals surface area contributed by atoms with Crippen molar-refractivity contribution in [3.05, 3.63) is 83.2 Å². The standard InChI is InChI=1S/C32H41N9O/c1-38(2)21-27(22-8-6-5-7-9-22)35-31(42)29-26-15-10-23-20-33-32(36-28(23)30(26)40(4)37-29)34-24-11-13-25(14-12-24)41-18-16-39(3)17-19-41/h5-9,11-14,20,27,31,35,42H,10,15-19,21H2,1-4H3,(H,33,34,36)/t27-,31?/m1/s1. The third-order valence-electron chi connectivity index (χ3n) is 8.27. The molecule has 1 fully saturated rings. The van der Waals surface area contributed by atoms with Crippen molar-refractivity contribution in [2.45, 2.75) is 25.1 Å². The molecule has 1 aliphatic carbocycles. The lowest BCUT2D eigenvalue weighted by molar-refractivity contribution is 0.110. The number of likely N-dealkylation sites (N-methyl/N-ethyl adjacent to an activating group) is 2. The van der Waals surface area contributed by atoms with Gasteiger partial charge in [0.2, 0.25) is 5.95 Å². The van der Waals surface area contributed by atoms with Gasteiger partial charge in [-0.15, -0.1) is 0 Å². The van der Waals surface area contributed by atoms with Crippen LogP contribution in [0.3, 0.4) is 0 Å². The van der Waals surface area contributed by atoms with E-state index < -0.39 is 6.23 Å². The van der Waals surface area contributed by atoms with E-state index in [9.17, 15) is 5.11 Å². The number of anilines is 3. The van der Waals surface area contributed by atoms with E-state index in [-0.39, 0.29) is 6.04 Å². The molecular weight excluding hydrogens is 526 g/mol. The second-order valence-electron chi connectivity index (χ2n) is 11.7. The average Bonchev–Trinajstić information content (AvgIpc) is 3.35. The Morgan fingerprint density at radius 3 is 2.40 bits per heavy atom. The van der Waals surface area contributed by atoms with Crippen LogP contribution >= 0.6 is 0 Å². The zero-order chi connectivity index (χ0) is 29.2. The Labute approximate surface area is 248 Å². The summed E-state index contributed by atoms with van der Waals surface area (Å²) in [4.78, 5) is 16.5. The van der Waals surface area contributed by atoms with E-state index in [2.05, 4.69) is 73.8 Å². The predicted octanol–water partition coefficient (Wildman–Crippen LogP) is 3.35. The second kappa shape index (κ2) is 12.2. The largest absolute Gasteiger partial charge is 0.373 e. The van der Waals surface area contributed by atoms with Crippen LogP contribution in [0, 0.1) is 0 Å². The zero-order valence-corrected chi connectivity index (χ0v) is 25.0. The lowest BCUT2D eigenvalue weighted by atomic mass is 9.93. The van der Waals surface area contributed by atoms with Crippen molar-refractivity contribution in [3.63, 3.8) is 0 Å². The SMILES string of the molecule is CN(C)C[C@@H](NC(O)c1nn(C)c2c1CCc1cnc(Nc3ccc(N4CCN(C)CC4)cc3)nc1-2)c1ccccc1. The zero-order valence-electron chi connectivity index (χ0n) is 25.0. The van der Waals surface area contributed by atoms with Crippen LogP contribution in [-0.4, -0.2) is 88.5 Å². The number of piperazine rings is 1. The van der Waals surface area contributed by atoms with Gasteiger partial charge >= 0.3 is 0 Å². The first-order chi connectivity index (χ1) is 20.4. The van der Waals surface area contributed by atoms with Gasteiger partial charge in [0.25, 0.3) is 0 Å². The van der Waals surface area contributed by atoms with Crippen LogP contribution in [0.1, 0.15) is 34.7 Å². The highest BCUT2D eigenvalue weighted by molar-refractivity contribution is 5.69. The quantitative estimate of drug-likeness (QED) is 0.263. The van der Waals surface area contributed by atoms with E-state index in [0.717, 1.165) is 79.3 Å². The van der Waals surface area contributed by atoms with E-state index in [1.54, 1.807) is 0 Å². The lowest BCUT2D eigenvalue weighted by Crippen LogP contribution is -2.44. The van der Waals surface area contributed by atoms with Gasteiger partial charge in [0.15, 0.2) is 6.23 Å². The van der Waals surface area contributed by atoms with Gasteiger partial charge in [0.05, 0.1) is 11.4 Å². The molecule has 220 valence electrons. The number of aromatic nitrogens is 4. The predicted molar refractivity (Wildman–Crippen MR) is 167 cm³/mol. The van der Waals surface area contributed by atoms with E-state index >= 15 is 0 Å². The van der Waals surface area contributed by atoms with E-state index in [0.29, 0.717) is 11.6 Å². The van der Waals surface area contributed by atoms with Gasteiger partial charge in [-0.2, -0.15) is 5.10 Å². The van der Waals surface area contributed by atoms with Gasteiger partial charge in [-0.1, -0.05) is 30.3 Å². The molecule has 1 aliphatic heterocycles. The Balaban J connectivity index is 1.21. The summed E-state index contributed by atoms with van der Waals surface area (Å²) in [5, 5.41) is 23.0. The van der Waals surface area contributed by atoms with Crippen LogP contribution in [0.5, 0.6) is 0 Å². The molecule has 0 bridgehead atoms. The molecule has 0 spiro atoms. The van der Waals surface area contributed by atoms with Gasteiger partial charge in [0, 0.05) is 68.9 Å². The van der Waals surface area contributed by atoms with Crippen molar-refractivity contribution in [3.8, 4) is 11.4 Å². The molecule has 3 heterocycles. The molecule has 2 aliphatic rings. The number of nitrogens with zero attached hydrogens (tertiary/aromatic N) is 7. The molecule has 6 rings (SSSR count). The third-order valence-corrected chi connectivity index (χ3v) is 8.27. The van der Waals surface area contributed by atoms with Crippen LogP contribution in [0.25, 0.3) is 11.4 Å². The maximum atomic E-state index is 11.4. The molecule has 4 aromatic rings.